The first-order chi connectivity index (χ1) is 15.2. The van der Waals surface area contributed by atoms with Gasteiger partial charge in [0.25, 0.3) is 0 Å². The van der Waals surface area contributed by atoms with Crippen LogP contribution in [0.3, 0.4) is 0 Å². The lowest BCUT2D eigenvalue weighted by Crippen LogP contribution is -2.47. The van der Waals surface area contributed by atoms with Gasteiger partial charge in [0.2, 0.25) is 17.7 Å². The van der Waals surface area contributed by atoms with E-state index in [1.54, 1.807) is 33.8 Å². The first-order valence-corrected chi connectivity index (χ1v) is 11.4. The molecule has 7 nitrogen and oxygen atoms in total. The first-order valence-electron chi connectivity index (χ1n) is 11.4. The van der Waals surface area contributed by atoms with Crippen LogP contribution in [0.1, 0.15) is 39.2 Å². The smallest absolute Gasteiger partial charge is 0.242 e. The normalized spacial score (nSPS) is 20.6. The Morgan fingerprint density at radius 2 is 1.88 bits per heavy atom. The second kappa shape index (κ2) is 10.9. The van der Waals surface area contributed by atoms with Gasteiger partial charge in [-0.05, 0) is 36.5 Å². The highest BCUT2D eigenvalue weighted by molar-refractivity contribution is 5.86. The maximum atomic E-state index is 13.5. The van der Waals surface area contributed by atoms with Crippen molar-refractivity contribution in [1.82, 2.24) is 14.7 Å². The van der Waals surface area contributed by atoms with Crippen molar-refractivity contribution in [3.63, 3.8) is 0 Å². The summed E-state index contributed by atoms with van der Waals surface area (Å²) in [5.74, 6) is -0.328. The van der Waals surface area contributed by atoms with Crippen molar-refractivity contribution in [1.29, 1.82) is 0 Å². The fraction of sp³-hybridized carbons (Fsp3) is 0.625. The lowest BCUT2D eigenvalue weighted by atomic mass is 9.95. The third-order valence-electron chi connectivity index (χ3n) is 6.09. The molecule has 3 amide bonds. The molecule has 0 saturated carbocycles. The van der Waals surface area contributed by atoms with E-state index in [9.17, 15) is 18.8 Å². The van der Waals surface area contributed by atoms with Gasteiger partial charge < -0.3 is 19.4 Å². The number of benzene rings is 1. The molecule has 2 aliphatic rings. The second-order valence-corrected chi connectivity index (χ2v) is 9.25. The average Bonchev–Trinajstić information content (AvgIpc) is 2.90. The summed E-state index contributed by atoms with van der Waals surface area (Å²) in [4.78, 5) is 42.9. The summed E-state index contributed by atoms with van der Waals surface area (Å²) in [6, 6.07) is 6.25. The topological polar surface area (TPSA) is 70.2 Å². The Labute approximate surface area is 189 Å². The van der Waals surface area contributed by atoms with Crippen LogP contribution in [0, 0.1) is 17.7 Å². The van der Waals surface area contributed by atoms with Gasteiger partial charge >= 0.3 is 0 Å². The van der Waals surface area contributed by atoms with Crippen molar-refractivity contribution in [2.24, 2.45) is 11.8 Å². The summed E-state index contributed by atoms with van der Waals surface area (Å²) in [7, 11) is 0. The van der Waals surface area contributed by atoms with Crippen LogP contribution in [0.5, 0.6) is 0 Å². The van der Waals surface area contributed by atoms with E-state index in [1.807, 2.05) is 13.8 Å². The number of amides is 3. The minimum Gasteiger partial charge on any atom is -0.370 e. The van der Waals surface area contributed by atoms with Gasteiger partial charge in [-0.3, -0.25) is 14.4 Å². The number of piperidine rings is 1. The summed E-state index contributed by atoms with van der Waals surface area (Å²) in [6.45, 7) is 8.33. The van der Waals surface area contributed by atoms with Gasteiger partial charge in [-0.15, -0.1) is 0 Å². The van der Waals surface area contributed by atoms with E-state index in [-0.39, 0.29) is 48.7 Å². The molecule has 3 rings (SSSR count). The highest BCUT2D eigenvalue weighted by Gasteiger charge is 2.35. The number of carbonyl (C=O) groups is 3. The Kier molecular flexibility index (Phi) is 8.23. The first kappa shape index (κ1) is 24.2. The number of likely N-dealkylation sites (tertiary alicyclic amines) is 1. The number of nitrogens with zero attached hydrogens (tertiary/aromatic N) is 3. The highest BCUT2D eigenvalue weighted by atomic mass is 19.1. The van der Waals surface area contributed by atoms with E-state index in [0.29, 0.717) is 57.0 Å². The molecule has 176 valence electrons. The number of hydrogen-bond acceptors (Lipinski definition) is 4. The van der Waals surface area contributed by atoms with E-state index in [4.69, 9.17) is 4.74 Å². The molecule has 0 radical (unpaired) electrons. The van der Waals surface area contributed by atoms with Crippen molar-refractivity contribution in [2.45, 2.75) is 46.3 Å². The number of rotatable bonds is 6. The van der Waals surface area contributed by atoms with Crippen LogP contribution in [0.4, 0.5) is 4.39 Å². The molecule has 0 spiro atoms. The number of halogens is 1. The van der Waals surface area contributed by atoms with Gasteiger partial charge in [0.1, 0.15) is 5.82 Å². The molecule has 1 atom stereocenters. The van der Waals surface area contributed by atoms with Crippen molar-refractivity contribution >= 4 is 17.7 Å². The van der Waals surface area contributed by atoms with Gasteiger partial charge in [0.15, 0.2) is 0 Å². The third kappa shape index (κ3) is 6.51. The lowest BCUT2D eigenvalue weighted by Gasteiger charge is -2.33. The highest BCUT2D eigenvalue weighted by Crippen LogP contribution is 2.22. The Balaban J connectivity index is 1.69. The summed E-state index contributed by atoms with van der Waals surface area (Å²) >= 11 is 0. The number of carbonyl (C=O) groups excluding carboxylic acids is 3. The molecule has 1 aromatic carbocycles. The van der Waals surface area contributed by atoms with Gasteiger partial charge in [-0.1, -0.05) is 26.0 Å². The van der Waals surface area contributed by atoms with Crippen molar-refractivity contribution in [2.75, 3.05) is 39.3 Å². The van der Waals surface area contributed by atoms with Gasteiger partial charge in [0.05, 0.1) is 19.3 Å². The zero-order valence-electron chi connectivity index (χ0n) is 19.3. The summed E-state index contributed by atoms with van der Waals surface area (Å²) in [6.07, 6.45) is 0.853. The summed E-state index contributed by atoms with van der Waals surface area (Å²) in [5, 5.41) is 0. The molecule has 32 heavy (non-hydrogen) atoms. The zero-order valence-corrected chi connectivity index (χ0v) is 19.3. The van der Waals surface area contributed by atoms with Crippen molar-refractivity contribution < 1.29 is 23.5 Å². The van der Waals surface area contributed by atoms with E-state index in [0.717, 1.165) is 0 Å². The molecule has 1 aromatic rings. The molecule has 0 aromatic heterocycles. The molecule has 0 bridgehead atoms. The average molecular weight is 448 g/mol. The number of hydrogen-bond donors (Lipinski definition) is 0. The Morgan fingerprint density at radius 1 is 1.16 bits per heavy atom. The maximum absolute atomic E-state index is 13.5. The fourth-order valence-electron chi connectivity index (χ4n) is 4.41. The maximum Gasteiger partial charge on any atom is 0.242 e. The quantitative estimate of drug-likeness (QED) is 0.671. The largest absolute Gasteiger partial charge is 0.370 e. The lowest BCUT2D eigenvalue weighted by molar-refractivity contribution is -0.144. The molecular weight excluding hydrogens is 413 g/mol. The van der Waals surface area contributed by atoms with Crippen LogP contribution in [-0.2, 0) is 25.7 Å². The minimum absolute atomic E-state index is 0.0241. The van der Waals surface area contributed by atoms with Crippen molar-refractivity contribution in [3.8, 4) is 0 Å². The number of ether oxygens (including phenoxy) is 1. The molecule has 2 heterocycles. The second-order valence-electron chi connectivity index (χ2n) is 9.25. The van der Waals surface area contributed by atoms with E-state index >= 15 is 0 Å². The predicted molar refractivity (Wildman–Crippen MR) is 118 cm³/mol. The van der Waals surface area contributed by atoms with Crippen LogP contribution < -0.4 is 0 Å². The molecule has 2 aliphatic heterocycles. The molecule has 0 unspecified atom stereocenters. The third-order valence-corrected chi connectivity index (χ3v) is 6.09. The summed E-state index contributed by atoms with van der Waals surface area (Å²) < 4.78 is 19.6. The van der Waals surface area contributed by atoms with Gasteiger partial charge in [-0.25, -0.2) is 4.39 Å². The molecule has 2 fully saturated rings. The molecule has 0 N–H and O–H groups in total. The molecule has 2 saturated heterocycles. The van der Waals surface area contributed by atoms with Crippen LogP contribution >= 0.6 is 0 Å². The Hall–Kier alpha value is -2.48. The summed E-state index contributed by atoms with van der Waals surface area (Å²) in [5.41, 5.74) is 0.713. The standard InChI is InChI=1S/C24H34FN3O4/c1-17(2)12-27-13-22(32-16-19-5-4-6-21(25)11-19)14-28(15-23(27)30)24(31)20-7-9-26(10-8-20)18(3)29/h4-6,11,17,20,22H,7-10,12-16H2,1-3H3/t22-/m1/s1. The van der Waals surface area contributed by atoms with E-state index in [1.165, 1.54) is 12.1 Å². The van der Waals surface area contributed by atoms with Gasteiger partial charge in [0, 0.05) is 45.6 Å². The van der Waals surface area contributed by atoms with Crippen LogP contribution in [-0.4, -0.2) is 77.8 Å². The van der Waals surface area contributed by atoms with Crippen LogP contribution in [0.2, 0.25) is 0 Å². The van der Waals surface area contributed by atoms with Crippen LogP contribution in [0.15, 0.2) is 24.3 Å². The Bertz CT molecular complexity index is 823. The molecule has 0 aliphatic carbocycles. The van der Waals surface area contributed by atoms with E-state index < -0.39 is 0 Å². The van der Waals surface area contributed by atoms with Gasteiger partial charge in [-0.2, -0.15) is 0 Å². The van der Waals surface area contributed by atoms with Crippen molar-refractivity contribution in [3.05, 3.63) is 35.6 Å². The zero-order chi connectivity index (χ0) is 23.3. The minimum atomic E-state index is -0.357. The Morgan fingerprint density at radius 3 is 2.50 bits per heavy atom. The van der Waals surface area contributed by atoms with Crippen LogP contribution in [0.25, 0.3) is 0 Å². The SMILES string of the molecule is CC(=O)N1CCC(C(=O)N2CC(=O)N(CC(C)C)C[C@@H](OCc3cccc(F)c3)C2)CC1. The molecular formula is C24H34FN3O4. The monoisotopic (exact) mass is 447 g/mol. The predicted octanol–water partition coefficient (Wildman–Crippen LogP) is 2.30. The fourth-order valence-corrected chi connectivity index (χ4v) is 4.41. The molecule has 8 heteroatoms. The van der Waals surface area contributed by atoms with E-state index in [2.05, 4.69) is 0 Å².